The van der Waals surface area contributed by atoms with E-state index in [9.17, 15) is 14.7 Å². The number of carboxylic acid groups (broad SMARTS) is 2. The molecule has 2 aromatic carbocycles. The van der Waals surface area contributed by atoms with Gasteiger partial charge in [0.05, 0.1) is 0 Å². The van der Waals surface area contributed by atoms with Crippen molar-refractivity contribution in [1.29, 1.82) is 0 Å². The molecule has 0 aliphatic rings. The van der Waals surface area contributed by atoms with Crippen LogP contribution in [-0.2, 0) is 13.0 Å². The third-order valence-electron chi connectivity index (χ3n) is 4.08. The summed E-state index contributed by atoms with van der Waals surface area (Å²) in [5, 5.41) is 22.9. The molecule has 0 aliphatic heterocycles. The van der Waals surface area contributed by atoms with Crippen LogP contribution < -0.4 is 10.6 Å². The maximum Gasteiger partial charge on any atom is 0.404 e. The molecular formula is C20H25N3O4. The van der Waals surface area contributed by atoms with Crippen LogP contribution in [0.4, 0.5) is 9.59 Å². The quantitative estimate of drug-likeness (QED) is 0.514. The molecule has 0 saturated carbocycles. The lowest BCUT2D eigenvalue weighted by Crippen LogP contribution is -2.46. The second-order valence-electron chi connectivity index (χ2n) is 6.29. The zero-order chi connectivity index (χ0) is 19.5. The van der Waals surface area contributed by atoms with Crippen molar-refractivity contribution in [1.82, 2.24) is 15.5 Å². The van der Waals surface area contributed by atoms with Crippen molar-refractivity contribution in [3.05, 3.63) is 71.8 Å². The molecule has 1 atom stereocenters. The Labute approximate surface area is 158 Å². The number of benzene rings is 2. The Morgan fingerprint density at radius 2 is 1.48 bits per heavy atom. The smallest absolute Gasteiger partial charge is 0.404 e. The standard InChI is InChI=1S/C20H25N3O4/c24-19(25)21-11-12-23(14-17-9-5-2-6-10-17)15-18(22-20(26)27)13-16-7-3-1-4-8-16/h1-10,18,21-22H,11-15H2,(H,24,25)(H,26,27). The summed E-state index contributed by atoms with van der Waals surface area (Å²) >= 11 is 0. The highest BCUT2D eigenvalue weighted by Gasteiger charge is 2.17. The molecule has 0 spiro atoms. The summed E-state index contributed by atoms with van der Waals surface area (Å²) in [7, 11) is 0. The first kappa shape index (κ1) is 20.3. The molecule has 144 valence electrons. The molecule has 0 fully saturated rings. The molecule has 7 nitrogen and oxygen atoms in total. The van der Waals surface area contributed by atoms with Crippen molar-refractivity contribution in [2.24, 2.45) is 0 Å². The van der Waals surface area contributed by atoms with Gasteiger partial charge < -0.3 is 20.8 Å². The number of amides is 2. The van der Waals surface area contributed by atoms with Crippen LogP contribution in [0, 0.1) is 0 Å². The molecular weight excluding hydrogens is 346 g/mol. The molecule has 2 aromatic rings. The van der Waals surface area contributed by atoms with Gasteiger partial charge in [0.1, 0.15) is 0 Å². The Morgan fingerprint density at radius 1 is 0.889 bits per heavy atom. The Hall–Kier alpha value is -3.06. The van der Waals surface area contributed by atoms with Crippen LogP contribution in [0.15, 0.2) is 60.7 Å². The molecule has 2 rings (SSSR count). The van der Waals surface area contributed by atoms with Crippen molar-refractivity contribution < 1.29 is 19.8 Å². The van der Waals surface area contributed by atoms with Gasteiger partial charge in [0.15, 0.2) is 0 Å². The Kier molecular flexibility index (Phi) is 8.12. The van der Waals surface area contributed by atoms with Gasteiger partial charge in [-0.25, -0.2) is 9.59 Å². The highest BCUT2D eigenvalue weighted by molar-refractivity contribution is 5.65. The number of rotatable bonds is 10. The number of hydrogen-bond donors (Lipinski definition) is 4. The van der Waals surface area contributed by atoms with Crippen LogP contribution in [0.25, 0.3) is 0 Å². The van der Waals surface area contributed by atoms with E-state index < -0.39 is 12.2 Å². The normalized spacial score (nSPS) is 11.7. The van der Waals surface area contributed by atoms with Gasteiger partial charge in [0, 0.05) is 32.2 Å². The number of carbonyl (C=O) groups is 2. The average Bonchev–Trinajstić information content (AvgIpc) is 2.62. The minimum Gasteiger partial charge on any atom is -0.465 e. The van der Waals surface area contributed by atoms with Gasteiger partial charge in [0.2, 0.25) is 0 Å². The van der Waals surface area contributed by atoms with E-state index in [0.29, 0.717) is 26.1 Å². The fourth-order valence-corrected chi connectivity index (χ4v) is 2.94. The molecule has 0 heterocycles. The first-order chi connectivity index (χ1) is 13.0. The molecule has 0 saturated heterocycles. The van der Waals surface area contributed by atoms with Crippen LogP contribution in [0.1, 0.15) is 11.1 Å². The van der Waals surface area contributed by atoms with Gasteiger partial charge in [-0.3, -0.25) is 4.90 Å². The Bertz CT molecular complexity index is 710. The first-order valence-corrected chi connectivity index (χ1v) is 8.79. The topological polar surface area (TPSA) is 102 Å². The minimum atomic E-state index is -1.07. The van der Waals surface area contributed by atoms with Gasteiger partial charge >= 0.3 is 12.2 Å². The monoisotopic (exact) mass is 371 g/mol. The average molecular weight is 371 g/mol. The zero-order valence-electron chi connectivity index (χ0n) is 15.0. The van der Waals surface area contributed by atoms with Gasteiger partial charge in [0.25, 0.3) is 0 Å². The van der Waals surface area contributed by atoms with E-state index >= 15 is 0 Å². The highest BCUT2D eigenvalue weighted by Crippen LogP contribution is 2.09. The van der Waals surface area contributed by atoms with E-state index in [4.69, 9.17) is 5.11 Å². The summed E-state index contributed by atoms with van der Waals surface area (Å²) in [5.74, 6) is 0. The third kappa shape index (κ3) is 8.24. The maximum absolute atomic E-state index is 11.2. The van der Waals surface area contributed by atoms with Crippen LogP contribution >= 0.6 is 0 Å². The Morgan fingerprint density at radius 3 is 2.04 bits per heavy atom. The van der Waals surface area contributed by atoms with Gasteiger partial charge in [-0.05, 0) is 17.5 Å². The van der Waals surface area contributed by atoms with Crippen molar-refractivity contribution in [3.63, 3.8) is 0 Å². The molecule has 0 aromatic heterocycles. The third-order valence-corrected chi connectivity index (χ3v) is 4.08. The van der Waals surface area contributed by atoms with E-state index in [0.717, 1.165) is 11.1 Å². The lowest BCUT2D eigenvalue weighted by atomic mass is 10.1. The lowest BCUT2D eigenvalue weighted by Gasteiger charge is -2.28. The minimum absolute atomic E-state index is 0.271. The molecule has 2 amide bonds. The van der Waals surface area contributed by atoms with E-state index in [1.807, 2.05) is 60.7 Å². The molecule has 0 aliphatic carbocycles. The van der Waals surface area contributed by atoms with Crippen LogP contribution in [0.5, 0.6) is 0 Å². The molecule has 0 radical (unpaired) electrons. The number of nitrogens with zero attached hydrogens (tertiary/aromatic N) is 1. The van der Waals surface area contributed by atoms with Crippen molar-refractivity contribution in [2.45, 2.75) is 19.0 Å². The fourth-order valence-electron chi connectivity index (χ4n) is 2.94. The predicted octanol–water partition coefficient (Wildman–Crippen LogP) is 2.64. The van der Waals surface area contributed by atoms with Gasteiger partial charge in [-0.1, -0.05) is 60.7 Å². The van der Waals surface area contributed by atoms with E-state index in [2.05, 4.69) is 15.5 Å². The predicted molar refractivity (Wildman–Crippen MR) is 103 cm³/mol. The number of hydrogen-bond acceptors (Lipinski definition) is 3. The molecule has 7 heteroatoms. The highest BCUT2D eigenvalue weighted by atomic mass is 16.4. The van der Waals surface area contributed by atoms with Crippen LogP contribution in [0.3, 0.4) is 0 Å². The lowest BCUT2D eigenvalue weighted by molar-refractivity contribution is 0.177. The largest absolute Gasteiger partial charge is 0.465 e. The van der Waals surface area contributed by atoms with Crippen molar-refractivity contribution in [3.8, 4) is 0 Å². The second-order valence-corrected chi connectivity index (χ2v) is 6.29. The summed E-state index contributed by atoms with van der Waals surface area (Å²) in [6, 6.07) is 19.2. The summed E-state index contributed by atoms with van der Waals surface area (Å²) < 4.78 is 0. The van der Waals surface area contributed by atoms with Crippen molar-refractivity contribution in [2.75, 3.05) is 19.6 Å². The van der Waals surface area contributed by atoms with Gasteiger partial charge in [-0.15, -0.1) is 0 Å². The molecule has 1 unspecified atom stereocenters. The van der Waals surface area contributed by atoms with E-state index in [-0.39, 0.29) is 12.6 Å². The first-order valence-electron chi connectivity index (χ1n) is 8.79. The van der Waals surface area contributed by atoms with E-state index in [1.165, 1.54) is 0 Å². The van der Waals surface area contributed by atoms with E-state index in [1.54, 1.807) is 0 Å². The summed E-state index contributed by atoms with van der Waals surface area (Å²) in [6.45, 7) is 1.83. The SMILES string of the molecule is O=C(O)NCCN(Cc1ccccc1)CC(Cc1ccccc1)NC(=O)O. The second kappa shape index (κ2) is 10.8. The van der Waals surface area contributed by atoms with Crippen LogP contribution in [0.2, 0.25) is 0 Å². The maximum atomic E-state index is 11.2. The fraction of sp³-hybridized carbons (Fsp3) is 0.300. The summed E-state index contributed by atoms with van der Waals surface area (Å²) in [4.78, 5) is 24.0. The van der Waals surface area contributed by atoms with Crippen LogP contribution in [-0.4, -0.2) is 53.0 Å². The van der Waals surface area contributed by atoms with Crippen molar-refractivity contribution >= 4 is 12.2 Å². The molecule has 0 bridgehead atoms. The van der Waals surface area contributed by atoms with Gasteiger partial charge in [-0.2, -0.15) is 0 Å². The molecule has 27 heavy (non-hydrogen) atoms. The zero-order valence-corrected chi connectivity index (χ0v) is 15.0. The summed E-state index contributed by atoms with van der Waals surface area (Å²) in [5.41, 5.74) is 2.13. The molecule has 4 N–H and O–H groups in total. The summed E-state index contributed by atoms with van der Waals surface area (Å²) in [6.07, 6.45) is -1.58. The Balaban J connectivity index is 2.06. The number of nitrogens with one attached hydrogen (secondary N) is 2.